The average molecular weight is 475 g/mol. The summed E-state index contributed by atoms with van der Waals surface area (Å²) in [5, 5.41) is 8.78. The van der Waals surface area contributed by atoms with E-state index >= 15 is 4.39 Å². The number of hydrogen-bond donors (Lipinski definition) is 1. The summed E-state index contributed by atoms with van der Waals surface area (Å²) in [6.45, 7) is 1.75. The zero-order chi connectivity index (χ0) is 24.6. The smallest absolute Gasteiger partial charge is 0.193 e. The third kappa shape index (κ3) is 4.17. The Balaban J connectivity index is 1.95. The number of nitrogens with one attached hydrogen (secondary N) is 1. The van der Waals surface area contributed by atoms with Gasteiger partial charge in [-0.3, -0.25) is 9.78 Å². The molecule has 0 fully saturated rings. The molecule has 9 heteroatoms. The second-order valence-electron chi connectivity index (χ2n) is 7.55. The lowest BCUT2D eigenvalue weighted by molar-refractivity contribution is 0.585. The van der Waals surface area contributed by atoms with Crippen molar-refractivity contribution in [2.24, 2.45) is 0 Å². The van der Waals surface area contributed by atoms with Crippen LogP contribution in [0.1, 0.15) is 22.3 Å². The predicted molar refractivity (Wildman–Crippen MR) is 123 cm³/mol. The summed E-state index contributed by atoms with van der Waals surface area (Å²) in [5.41, 5.74) is -0.0955. The molecule has 0 unspecified atom stereocenters. The molecule has 0 atom stereocenters. The van der Waals surface area contributed by atoms with E-state index in [0.29, 0.717) is 5.56 Å². The maximum atomic E-state index is 15.2. The standard InChI is InChI=1S/C25H15F2N3O3S/c1-14-13-29-8-7-16(14)4-5-17-19(26)10-21-24(25(17)27)22(31)11-20(30-21)18-9-15(12-28)3-6-23(18)34(2,32)33/h3,6-11,13H,1-2H3,(H,30,31). The van der Waals surface area contributed by atoms with Crippen molar-refractivity contribution in [1.29, 1.82) is 5.26 Å². The summed E-state index contributed by atoms with van der Waals surface area (Å²) in [4.78, 5) is 19.4. The molecule has 4 aromatic rings. The number of aromatic amines is 1. The van der Waals surface area contributed by atoms with E-state index in [0.717, 1.165) is 24.0 Å². The minimum absolute atomic E-state index is 0.0000644. The van der Waals surface area contributed by atoms with Crippen LogP contribution in [-0.2, 0) is 9.84 Å². The highest BCUT2D eigenvalue weighted by atomic mass is 32.2. The van der Waals surface area contributed by atoms with E-state index in [-0.39, 0.29) is 27.2 Å². The van der Waals surface area contributed by atoms with Crippen molar-refractivity contribution in [3.8, 4) is 29.2 Å². The molecular weight excluding hydrogens is 460 g/mol. The molecule has 0 saturated heterocycles. The Morgan fingerprint density at radius 1 is 1.09 bits per heavy atom. The first-order valence-electron chi connectivity index (χ1n) is 9.82. The van der Waals surface area contributed by atoms with Gasteiger partial charge < -0.3 is 4.98 Å². The number of pyridine rings is 2. The minimum Gasteiger partial charge on any atom is -0.354 e. The molecule has 0 radical (unpaired) electrons. The van der Waals surface area contributed by atoms with Crippen molar-refractivity contribution >= 4 is 20.7 Å². The SMILES string of the molecule is Cc1cnccc1C#Cc1c(F)cc2[nH]c(-c3cc(C#N)ccc3S(C)(=O)=O)cc(=O)c2c1F. The van der Waals surface area contributed by atoms with Crippen LogP contribution in [0.5, 0.6) is 0 Å². The Kier molecular flexibility index (Phi) is 5.74. The lowest BCUT2D eigenvalue weighted by atomic mass is 10.0. The monoisotopic (exact) mass is 475 g/mol. The number of sulfone groups is 1. The maximum absolute atomic E-state index is 15.2. The average Bonchev–Trinajstić information content (AvgIpc) is 2.78. The molecule has 2 heterocycles. The second-order valence-corrected chi connectivity index (χ2v) is 9.54. The highest BCUT2D eigenvalue weighted by Gasteiger charge is 2.20. The fourth-order valence-electron chi connectivity index (χ4n) is 3.48. The lowest BCUT2D eigenvalue weighted by Gasteiger charge is -2.11. The molecule has 2 aromatic carbocycles. The van der Waals surface area contributed by atoms with E-state index in [1.165, 1.54) is 24.4 Å². The van der Waals surface area contributed by atoms with Gasteiger partial charge in [-0.2, -0.15) is 5.26 Å². The van der Waals surface area contributed by atoms with Gasteiger partial charge in [0.15, 0.2) is 21.1 Å². The number of hydrogen-bond acceptors (Lipinski definition) is 5. The quantitative estimate of drug-likeness (QED) is 0.444. The molecule has 1 N–H and O–H groups in total. The molecule has 0 bridgehead atoms. The van der Waals surface area contributed by atoms with Crippen molar-refractivity contribution in [2.45, 2.75) is 11.8 Å². The van der Waals surface area contributed by atoms with Gasteiger partial charge in [-0.15, -0.1) is 0 Å². The summed E-state index contributed by atoms with van der Waals surface area (Å²) < 4.78 is 54.5. The highest BCUT2D eigenvalue weighted by molar-refractivity contribution is 7.90. The highest BCUT2D eigenvalue weighted by Crippen LogP contribution is 2.29. The van der Waals surface area contributed by atoms with Crippen LogP contribution < -0.4 is 5.43 Å². The number of aryl methyl sites for hydroxylation is 1. The van der Waals surface area contributed by atoms with Gasteiger partial charge in [0.1, 0.15) is 5.82 Å². The first-order chi connectivity index (χ1) is 16.1. The first-order valence-corrected chi connectivity index (χ1v) is 11.7. The maximum Gasteiger partial charge on any atom is 0.193 e. The summed E-state index contributed by atoms with van der Waals surface area (Å²) in [7, 11) is -3.74. The van der Waals surface area contributed by atoms with E-state index < -0.39 is 37.9 Å². The number of H-pyrrole nitrogens is 1. The molecule has 6 nitrogen and oxygen atoms in total. The van der Waals surface area contributed by atoms with Gasteiger partial charge in [-0.1, -0.05) is 11.8 Å². The van der Waals surface area contributed by atoms with Gasteiger partial charge in [0, 0.05) is 35.8 Å². The van der Waals surface area contributed by atoms with Crippen molar-refractivity contribution in [3.63, 3.8) is 0 Å². The summed E-state index contributed by atoms with van der Waals surface area (Å²) >= 11 is 0. The fraction of sp³-hybridized carbons (Fsp3) is 0.0800. The summed E-state index contributed by atoms with van der Waals surface area (Å²) in [5.74, 6) is 3.02. The Morgan fingerprint density at radius 3 is 2.53 bits per heavy atom. The molecule has 0 aliphatic rings. The zero-order valence-corrected chi connectivity index (χ0v) is 18.7. The molecule has 34 heavy (non-hydrogen) atoms. The van der Waals surface area contributed by atoms with Crippen molar-refractivity contribution in [2.75, 3.05) is 6.26 Å². The van der Waals surface area contributed by atoms with Gasteiger partial charge in [-0.25, -0.2) is 17.2 Å². The van der Waals surface area contributed by atoms with Gasteiger partial charge >= 0.3 is 0 Å². The molecule has 0 aliphatic carbocycles. The molecule has 168 valence electrons. The Hall–Kier alpha value is -4.34. The van der Waals surface area contributed by atoms with Crippen molar-refractivity contribution in [3.05, 3.63) is 92.9 Å². The Morgan fingerprint density at radius 2 is 1.85 bits per heavy atom. The van der Waals surface area contributed by atoms with E-state index in [1.807, 2.05) is 6.07 Å². The zero-order valence-electron chi connectivity index (χ0n) is 17.9. The third-order valence-electron chi connectivity index (χ3n) is 5.15. The third-order valence-corrected chi connectivity index (χ3v) is 6.31. The number of fused-ring (bicyclic) bond motifs is 1. The van der Waals surface area contributed by atoms with Crippen LogP contribution in [0.4, 0.5) is 8.78 Å². The normalized spacial score (nSPS) is 11.0. The molecular formula is C25H15F2N3O3S. The van der Waals surface area contributed by atoms with Gasteiger partial charge in [0.25, 0.3) is 0 Å². The number of nitriles is 1. The molecule has 0 spiro atoms. The van der Waals surface area contributed by atoms with E-state index in [2.05, 4.69) is 21.8 Å². The van der Waals surface area contributed by atoms with Crippen LogP contribution >= 0.6 is 0 Å². The molecule has 0 amide bonds. The van der Waals surface area contributed by atoms with E-state index in [4.69, 9.17) is 0 Å². The molecule has 0 aliphatic heterocycles. The van der Waals surface area contributed by atoms with Crippen LogP contribution in [0.2, 0.25) is 0 Å². The summed E-state index contributed by atoms with van der Waals surface area (Å²) in [6.07, 6.45) is 4.05. The Bertz CT molecular complexity index is 1760. The number of aromatic nitrogens is 2. The number of rotatable bonds is 2. The van der Waals surface area contributed by atoms with Crippen LogP contribution in [0.3, 0.4) is 0 Å². The van der Waals surface area contributed by atoms with Crippen molar-refractivity contribution in [1.82, 2.24) is 9.97 Å². The van der Waals surface area contributed by atoms with E-state index in [1.54, 1.807) is 19.2 Å². The lowest BCUT2D eigenvalue weighted by Crippen LogP contribution is -2.09. The van der Waals surface area contributed by atoms with Gasteiger partial charge in [-0.05, 0) is 42.8 Å². The topological polar surface area (TPSA) is 104 Å². The van der Waals surface area contributed by atoms with Crippen LogP contribution in [0, 0.1) is 41.7 Å². The molecule has 4 rings (SSSR count). The number of halogens is 2. The van der Waals surface area contributed by atoms with Crippen molar-refractivity contribution < 1.29 is 17.2 Å². The number of benzene rings is 2. The summed E-state index contributed by atoms with van der Waals surface area (Å²) in [6, 6.07) is 9.31. The fourth-order valence-corrected chi connectivity index (χ4v) is 4.36. The molecule has 2 aromatic heterocycles. The molecule has 0 saturated carbocycles. The van der Waals surface area contributed by atoms with Crippen LogP contribution in [-0.4, -0.2) is 24.6 Å². The van der Waals surface area contributed by atoms with Crippen LogP contribution in [0.25, 0.3) is 22.2 Å². The second kappa shape index (κ2) is 8.54. The van der Waals surface area contributed by atoms with Crippen LogP contribution in [0.15, 0.2) is 58.5 Å². The largest absolute Gasteiger partial charge is 0.354 e. The van der Waals surface area contributed by atoms with Gasteiger partial charge in [0.2, 0.25) is 0 Å². The number of nitrogens with zero attached hydrogens (tertiary/aromatic N) is 2. The van der Waals surface area contributed by atoms with Gasteiger partial charge in [0.05, 0.1) is 38.7 Å². The first kappa shape index (κ1) is 22.8. The minimum atomic E-state index is -3.74. The predicted octanol–water partition coefficient (Wildman–Crippen LogP) is 3.85. The Labute approximate surface area is 193 Å². The van der Waals surface area contributed by atoms with E-state index in [9.17, 15) is 22.9 Å².